The first-order chi connectivity index (χ1) is 10.3. The average Bonchev–Trinajstić information content (AvgIpc) is 2.55. The second-order valence-corrected chi connectivity index (χ2v) is 5.12. The van der Waals surface area contributed by atoms with Gasteiger partial charge in [-0.25, -0.2) is 4.39 Å². The van der Waals surface area contributed by atoms with Crippen LogP contribution < -0.4 is 4.90 Å². The van der Waals surface area contributed by atoms with E-state index in [0.717, 1.165) is 23.4 Å². The van der Waals surface area contributed by atoms with Crippen LogP contribution in [-0.4, -0.2) is 19.7 Å². The lowest BCUT2D eigenvalue weighted by Crippen LogP contribution is -2.38. The number of benzene rings is 2. The molecule has 0 N–H and O–H groups in total. The van der Waals surface area contributed by atoms with Crippen LogP contribution in [0.5, 0.6) is 0 Å². The van der Waals surface area contributed by atoms with E-state index >= 15 is 0 Å². The van der Waals surface area contributed by atoms with Gasteiger partial charge in [-0.3, -0.25) is 0 Å². The van der Waals surface area contributed by atoms with Gasteiger partial charge in [0.2, 0.25) is 0 Å². The Balaban J connectivity index is 1.84. The predicted octanol–water partition coefficient (Wildman–Crippen LogP) is 4.05. The lowest BCUT2D eigenvalue weighted by Gasteiger charge is -2.35. The van der Waals surface area contributed by atoms with Gasteiger partial charge in [0, 0.05) is 18.8 Å². The molecule has 1 atom stereocenters. The number of rotatable bonds is 3. The molecule has 1 aliphatic rings. The van der Waals surface area contributed by atoms with Crippen LogP contribution in [0.1, 0.15) is 17.2 Å². The normalized spacial score (nSPS) is 18.5. The number of anilines is 1. The highest BCUT2D eigenvalue weighted by atomic mass is 19.1. The maximum absolute atomic E-state index is 13.4. The molecule has 2 aromatic carbocycles. The number of nitrogens with zero attached hydrogens (tertiary/aromatic N) is 1. The number of para-hydroxylation sites is 1. The Hall–Kier alpha value is -2.13. The van der Waals surface area contributed by atoms with Crippen molar-refractivity contribution in [3.8, 4) is 0 Å². The Bertz CT molecular complexity index is 641. The molecule has 0 spiro atoms. The summed E-state index contributed by atoms with van der Waals surface area (Å²) in [4.78, 5) is 2.27. The first-order valence-electron chi connectivity index (χ1n) is 7.11. The molecule has 2 aromatic rings. The van der Waals surface area contributed by atoms with E-state index < -0.39 is 0 Å². The maximum Gasteiger partial charge on any atom is 0.123 e. The van der Waals surface area contributed by atoms with Gasteiger partial charge >= 0.3 is 0 Å². The summed E-state index contributed by atoms with van der Waals surface area (Å²) in [6, 6.07) is 14.8. The van der Waals surface area contributed by atoms with E-state index in [0.29, 0.717) is 13.2 Å². The van der Waals surface area contributed by atoms with Gasteiger partial charge < -0.3 is 9.64 Å². The highest BCUT2D eigenvalue weighted by Crippen LogP contribution is 2.29. The smallest absolute Gasteiger partial charge is 0.123 e. The van der Waals surface area contributed by atoms with Crippen molar-refractivity contribution in [1.29, 1.82) is 0 Å². The van der Waals surface area contributed by atoms with Crippen LogP contribution in [0.2, 0.25) is 0 Å². The third kappa shape index (κ3) is 2.98. The van der Waals surface area contributed by atoms with Gasteiger partial charge in [-0.15, -0.1) is 0 Å². The molecule has 0 aliphatic carbocycles. The molecule has 0 radical (unpaired) electrons. The van der Waals surface area contributed by atoms with Crippen LogP contribution in [0.15, 0.2) is 55.1 Å². The van der Waals surface area contributed by atoms with E-state index in [4.69, 9.17) is 4.74 Å². The Morgan fingerprint density at radius 2 is 2.05 bits per heavy atom. The van der Waals surface area contributed by atoms with E-state index in [9.17, 15) is 4.39 Å². The minimum atomic E-state index is -0.222. The first-order valence-corrected chi connectivity index (χ1v) is 7.11. The highest BCUT2D eigenvalue weighted by Gasteiger charge is 2.23. The summed E-state index contributed by atoms with van der Waals surface area (Å²) in [5.41, 5.74) is 3.14. The Morgan fingerprint density at radius 1 is 1.19 bits per heavy atom. The second kappa shape index (κ2) is 6.10. The zero-order valence-electron chi connectivity index (χ0n) is 11.8. The first kappa shape index (κ1) is 13.8. The van der Waals surface area contributed by atoms with E-state index in [1.54, 1.807) is 12.1 Å². The Labute approximate surface area is 124 Å². The molecule has 1 heterocycles. The second-order valence-electron chi connectivity index (χ2n) is 5.12. The van der Waals surface area contributed by atoms with Crippen molar-refractivity contribution in [3.05, 3.63) is 72.1 Å². The minimum absolute atomic E-state index is 0.104. The van der Waals surface area contributed by atoms with Crippen molar-refractivity contribution in [1.82, 2.24) is 0 Å². The molecule has 0 aromatic heterocycles. The molecule has 1 saturated heterocycles. The summed E-state index contributed by atoms with van der Waals surface area (Å²) in [6.45, 7) is 6.05. The fourth-order valence-corrected chi connectivity index (χ4v) is 2.72. The largest absolute Gasteiger partial charge is 0.370 e. The van der Waals surface area contributed by atoms with Crippen molar-refractivity contribution < 1.29 is 9.13 Å². The van der Waals surface area contributed by atoms with Crippen LogP contribution in [0.3, 0.4) is 0 Å². The van der Waals surface area contributed by atoms with Crippen molar-refractivity contribution >= 4 is 11.8 Å². The number of ether oxygens (including phenoxy) is 1. The monoisotopic (exact) mass is 283 g/mol. The number of morpholine rings is 1. The van der Waals surface area contributed by atoms with Gasteiger partial charge in [-0.2, -0.15) is 0 Å². The van der Waals surface area contributed by atoms with Crippen LogP contribution >= 0.6 is 0 Å². The molecule has 0 amide bonds. The lowest BCUT2D eigenvalue weighted by molar-refractivity contribution is 0.0396. The predicted molar refractivity (Wildman–Crippen MR) is 83.8 cm³/mol. The van der Waals surface area contributed by atoms with E-state index in [-0.39, 0.29) is 11.9 Å². The average molecular weight is 283 g/mol. The molecule has 3 rings (SSSR count). The molecule has 0 bridgehead atoms. The third-order valence-electron chi connectivity index (χ3n) is 3.78. The summed E-state index contributed by atoms with van der Waals surface area (Å²) < 4.78 is 19.2. The van der Waals surface area contributed by atoms with Gasteiger partial charge in [0.05, 0.1) is 6.61 Å². The van der Waals surface area contributed by atoms with E-state index in [1.807, 2.05) is 24.3 Å². The van der Waals surface area contributed by atoms with Gasteiger partial charge in [0.15, 0.2) is 0 Å². The van der Waals surface area contributed by atoms with E-state index in [2.05, 4.69) is 23.6 Å². The third-order valence-corrected chi connectivity index (χ3v) is 3.78. The van der Waals surface area contributed by atoms with E-state index in [1.165, 1.54) is 6.07 Å². The molecule has 108 valence electrons. The minimum Gasteiger partial charge on any atom is -0.370 e. The SMILES string of the molecule is C=Cc1ccccc1N1CCO[C@@H](c2cccc(F)c2)C1. The maximum atomic E-state index is 13.4. The molecule has 21 heavy (non-hydrogen) atoms. The Kier molecular flexibility index (Phi) is 4.02. The fraction of sp³-hybridized carbons (Fsp3) is 0.222. The zero-order chi connectivity index (χ0) is 14.7. The highest BCUT2D eigenvalue weighted by molar-refractivity contribution is 5.67. The molecule has 2 nitrogen and oxygen atoms in total. The summed E-state index contributed by atoms with van der Waals surface area (Å²) in [7, 11) is 0. The summed E-state index contributed by atoms with van der Waals surface area (Å²) >= 11 is 0. The van der Waals surface area contributed by atoms with Crippen LogP contribution in [-0.2, 0) is 4.74 Å². The summed E-state index contributed by atoms with van der Waals surface area (Å²) in [6.07, 6.45) is 1.76. The van der Waals surface area contributed by atoms with Crippen LogP contribution in [0.4, 0.5) is 10.1 Å². The molecule has 3 heteroatoms. The van der Waals surface area contributed by atoms with Gasteiger partial charge in [-0.05, 0) is 29.3 Å². The van der Waals surface area contributed by atoms with Crippen molar-refractivity contribution in [2.24, 2.45) is 0 Å². The fourth-order valence-electron chi connectivity index (χ4n) is 2.72. The number of hydrogen-bond donors (Lipinski definition) is 0. The van der Waals surface area contributed by atoms with Gasteiger partial charge in [0.25, 0.3) is 0 Å². The molecular weight excluding hydrogens is 265 g/mol. The van der Waals surface area contributed by atoms with Crippen molar-refractivity contribution in [2.45, 2.75) is 6.10 Å². The molecule has 0 unspecified atom stereocenters. The van der Waals surface area contributed by atoms with Gasteiger partial charge in [-0.1, -0.05) is 43.0 Å². The van der Waals surface area contributed by atoms with Crippen LogP contribution in [0, 0.1) is 5.82 Å². The standard InChI is InChI=1S/C18H18FNO/c1-2-14-6-3-4-9-17(14)20-10-11-21-18(13-20)15-7-5-8-16(19)12-15/h2-9,12,18H,1,10-11,13H2/t18-/m1/s1. The molecule has 0 saturated carbocycles. The van der Waals surface area contributed by atoms with Crippen LogP contribution in [0.25, 0.3) is 6.08 Å². The molecular formula is C18H18FNO. The number of halogens is 1. The van der Waals surface area contributed by atoms with Gasteiger partial charge in [0.1, 0.15) is 11.9 Å². The molecule has 1 aliphatic heterocycles. The quantitative estimate of drug-likeness (QED) is 0.842. The zero-order valence-corrected chi connectivity index (χ0v) is 11.8. The lowest BCUT2D eigenvalue weighted by atomic mass is 10.1. The molecule has 1 fully saturated rings. The number of hydrogen-bond acceptors (Lipinski definition) is 2. The Morgan fingerprint density at radius 3 is 2.86 bits per heavy atom. The topological polar surface area (TPSA) is 12.5 Å². The van der Waals surface area contributed by atoms with Crippen molar-refractivity contribution in [2.75, 3.05) is 24.6 Å². The summed E-state index contributed by atoms with van der Waals surface area (Å²) in [5, 5.41) is 0. The van der Waals surface area contributed by atoms with Crippen molar-refractivity contribution in [3.63, 3.8) is 0 Å². The summed E-state index contributed by atoms with van der Waals surface area (Å²) in [5.74, 6) is -0.222.